The van der Waals surface area contributed by atoms with Crippen LogP contribution in [0.15, 0.2) is 48.5 Å². The number of carbonyl (C=O) groups is 3. The van der Waals surface area contributed by atoms with Gasteiger partial charge in [0, 0.05) is 37.5 Å². The fraction of sp³-hybridized carbons (Fsp3) is 0.400. The summed E-state index contributed by atoms with van der Waals surface area (Å²) < 4.78 is 10.7. The first kappa shape index (κ1) is 22.8. The van der Waals surface area contributed by atoms with Crippen molar-refractivity contribution < 1.29 is 29.0 Å². The van der Waals surface area contributed by atoms with E-state index in [1.165, 1.54) is 0 Å². The van der Waals surface area contributed by atoms with Gasteiger partial charge in [0.2, 0.25) is 5.91 Å². The Bertz CT molecular complexity index is 994. The van der Waals surface area contributed by atoms with E-state index < -0.39 is 24.2 Å². The van der Waals surface area contributed by atoms with Gasteiger partial charge >= 0.3 is 12.1 Å². The molecule has 0 aromatic heterocycles. The third-order valence-electron chi connectivity index (χ3n) is 6.22. The minimum Gasteiger partial charge on any atom is -0.479 e. The number of alkyl carbamates (subject to hydrolysis) is 1. The van der Waals surface area contributed by atoms with Crippen LogP contribution in [0.25, 0.3) is 11.1 Å². The molecule has 2 unspecified atom stereocenters. The zero-order valence-electron chi connectivity index (χ0n) is 18.5. The highest BCUT2D eigenvalue weighted by atomic mass is 16.5. The summed E-state index contributed by atoms with van der Waals surface area (Å²) in [5, 5.41) is 14.6. The molecule has 174 valence electrons. The first-order valence-corrected chi connectivity index (χ1v) is 11.2. The molecule has 33 heavy (non-hydrogen) atoms. The number of carbonyl (C=O) groups excluding carboxylic acids is 2. The van der Waals surface area contributed by atoms with Crippen LogP contribution in [0.1, 0.15) is 36.8 Å². The van der Waals surface area contributed by atoms with Gasteiger partial charge in [0.1, 0.15) is 6.61 Å². The number of amides is 2. The number of hydrogen-bond donors (Lipinski definition) is 3. The molecule has 2 aliphatic rings. The molecule has 1 heterocycles. The number of ether oxygens (including phenoxy) is 2. The zero-order chi connectivity index (χ0) is 23.4. The Kier molecular flexibility index (Phi) is 6.93. The van der Waals surface area contributed by atoms with Crippen molar-refractivity contribution in [2.75, 3.05) is 19.8 Å². The van der Waals surface area contributed by atoms with Crippen LogP contribution in [0.5, 0.6) is 0 Å². The third-order valence-corrected chi connectivity index (χ3v) is 6.22. The molecule has 1 aliphatic heterocycles. The largest absolute Gasteiger partial charge is 0.479 e. The third kappa shape index (κ3) is 5.17. The van der Waals surface area contributed by atoms with Crippen molar-refractivity contribution in [3.63, 3.8) is 0 Å². The summed E-state index contributed by atoms with van der Waals surface area (Å²) in [6, 6.07) is 15.8. The van der Waals surface area contributed by atoms with Crippen molar-refractivity contribution in [1.29, 1.82) is 0 Å². The second-order valence-electron chi connectivity index (χ2n) is 8.56. The number of hydrogen-bond acceptors (Lipinski definition) is 5. The molecule has 1 aliphatic carbocycles. The number of carboxylic acid groups (broad SMARTS) is 1. The molecule has 0 saturated carbocycles. The van der Waals surface area contributed by atoms with Crippen LogP contribution < -0.4 is 10.6 Å². The van der Waals surface area contributed by atoms with E-state index >= 15 is 0 Å². The van der Waals surface area contributed by atoms with Crippen molar-refractivity contribution in [2.24, 2.45) is 5.92 Å². The smallest absolute Gasteiger partial charge is 0.407 e. The molecule has 0 bridgehead atoms. The Morgan fingerprint density at radius 1 is 1.09 bits per heavy atom. The van der Waals surface area contributed by atoms with E-state index in [1.54, 1.807) is 6.92 Å². The number of rotatable bonds is 8. The predicted octanol–water partition coefficient (Wildman–Crippen LogP) is 2.91. The molecular weight excluding hydrogens is 424 g/mol. The first-order valence-electron chi connectivity index (χ1n) is 11.2. The van der Waals surface area contributed by atoms with E-state index in [1.807, 2.05) is 24.3 Å². The predicted molar refractivity (Wildman–Crippen MR) is 121 cm³/mol. The fourth-order valence-corrected chi connectivity index (χ4v) is 4.60. The van der Waals surface area contributed by atoms with Crippen LogP contribution >= 0.6 is 0 Å². The van der Waals surface area contributed by atoms with Gasteiger partial charge < -0.3 is 25.2 Å². The lowest BCUT2D eigenvalue weighted by Gasteiger charge is -2.18. The second kappa shape index (κ2) is 10.0. The Morgan fingerprint density at radius 3 is 2.36 bits per heavy atom. The minimum absolute atomic E-state index is 0.0300. The highest BCUT2D eigenvalue weighted by Crippen LogP contribution is 2.44. The van der Waals surface area contributed by atoms with Crippen molar-refractivity contribution in [3.8, 4) is 11.1 Å². The standard InChI is InChI=1S/C25H28N2O6/c1-15(12-22(28)26-13-16-10-11-32-23(16)24(29)30)27-25(31)33-14-21-19-8-4-2-6-17(19)18-7-3-5-9-20(18)21/h2-9,15-16,21,23H,10-14H2,1H3,(H,26,28)(H,27,31)(H,29,30)/t15-,16?,23?/m1/s1. The molecule has 8 heteroatoms. The molecule has 0 spiro atoms. The number of fused-ring (bicyclic) bond motifs is 3. The summed E-state index contributed by atoms with van der Waals surface area (Å²) in [4.78, 5) is 35.7. The van der Waals surface area contributed by atoms with E-state index in [2.05, 4.69) is 34.9 Å². The SMILES string of the molecule is C[C@H](CC(=O)NCC1CCOC1C(=O)O)NC(=O)OCC1c2ccccc2-c2ccccc21. The maximum Gasteiger partial charge on any atom is 0.407 e. The monoisotopic (exact) mass is 452 g/mol. The van der Waals surface area contributed by atoms with Crippen LogP contribution in [0.3, 0.4) is 0 Å². The van der Waals surface area contributed by atoms with Gasteiger partial charge in [-0.2, -0.15) is 0 Å². The van der Waals surface area contributed by atoms with E-state index in [0.29, 0.717) is 13.0 Å². The molecule has 3 N–H and O–H groups in total. The Labute approximate surface area is 192 Å². The number of carboxylic acids is 1. The van der Waals surface area contributed by atoms with Crippen molar-refractivity contribution in [3.05, 3.63) is 59.7 Å². The number of nitrogens with one attached hydrogen (secondary N) is 2. The van der Waals surface area contributed by atoms with E-state index in [9.17, 15) is 14.4 Å². The molecule has 1 saturated heterocycles. The lowest BCUT2D eigenvalue weighted by Crippen LogP contribution is -2.40. The molecule has 2 aromatic carbocycles. The average Bonchev–Trinajstić information content (AvgIpc) is 3.39. The summed E-state index contributed by atoms with van der Waals surface area (Å²) in [7, 11) is 0. The van der Waals surface area contributed by atoms with E-state index in [-0.39, 0.29) is 37.3 Å². The molecule has 0 radical (unpaired) electrons. The van der Waals surface area contributed by atoms with Gasteiger partial charge in [-0.15, -0.1) is 0 Å². The normalized spacial score (nSPS) is 19.9. The zero-order valence-corrected chi connectivity index (χ0v) is 18.5. The Balaban J connectivity index is 1.24. The van der Waals surface area contributed by atoms with Gasteiger partial charge in [-0.05, 0) is 35.6 Å². The molecule has 8 nitrogen and oxygen atoms in total. The van der Waals surface area contributed by atoms with Crippen LogP contribution in [-0.2, 0) is 19.1 Å². The molecule has 1 fully saturated rings. The van der Waals surface area contributed by atoms with E-state index in [0.717, 1.165) is 22.3 Å². The summed E-state index contributed by atoms with van der Waals surface area (Å²) in [5.41, 5.74) is 4.58. The maximum absolute atomic E-state index is 12.4. The van der Waals surface area contributed by atoms with Gasteiger partial charge in [0.25, 0.3) is 0 Å². The van der Waals surface area contributed by atoms with Gasteiger partial charge in [0.15, 0.2) is 6.10 Å². The summed E-state index contributed by atoms with van der Waals surface area (Å²) in [6.07, 6.45) is -0.811. The maximum atomic E-state index is 12.4. The minimum atomic E-state index is -1.02. The average molecular weight is 453 g/mol. The van der Waals surface area contributed by atoms with Crippen LogP contribution in [-0.4, -0.2) is 55.0 Å². The summed E-state index contributed by atoms with van der Waals surface area (Å²) in [5.74, 6) is -1.57. The summed E-state index contributed by atoms with van der Waals surface area (Å²) in [6.45, 7) is 2.53. The van der Waals surface area contributed by atoms with Crippen LogP contribution in [0.2, 0.25) is 0 Å². The first-order chi connectivity index (χ1) is 15.9. The molecule has 3 atom stereocenters. The van der Waals surface area contributed by atoms with Crippen molar-refractivity contribution >= 4 is 18.0 Å². The topological polar surface area (TPSA) is 114 Å². The Morgan fingerprint density at radius 2 is 1.73 bits per heavy atom. The fourth-order valence-electron chi connectivity index (χ4n) is 4.60. The quantitative estimate of drug-likeness (QED) is 0.568. The van der Waals surface area contributed by atoms with Crippen molar-refractivity contribution in [1.82, 2.24) is 10.6 Å². The lowest BCUT2D eigenvalue weighted by molar-refractivity contribution is -0.149. The van der Waals surface area contributed by atoms with Gasteiger partial charge in [-0.1, -0.05) is 48.5 Å². The number of benzene rings is 2. The van der Waals surface area contributed by atoms with Crippen molar-refractivity contribution in [2.45, 2.75) is 37.8 Å². The molecule has 4 rings (SSSR count). The highest BCUT2D eigenvalue weighted by molar-refractivity contribution is 5.80. The van der Waals surface area contributed by atoms with Crippen LogP contribution in [0.4, 0.5) is 4.79 Å². The van der Waals surface area contributed by atoms with Crippen LogP contribution in [0, 0.1) is 5.92 Å². The second-order valence-corrected chi connectivity index (χ2v) is 8.56. The molecule has 2 amide bonds. The Hall–Kier alpha value is -3.39. The molecule has 2 aromatic rings. The summed E-state index contributed by atoms with van der Waals surface area (Å²) >= 11 is 0. The van der Waals surface area contributed by atoms with E-state index in [4.69, 9.17) is 14.6 Å². The van der Waals surface area contributed by atoms with Gasteiger partial charge in [0.05, 0.1) is 0 Å². The van der Waals surface area contributed by atoms with Gasteiger partial charge in [-0.3, -0.25) is 4.79 Å². The highest BCUT2D eigenvalue weighted by Gasteiger charge is 2.34. The molecular formula is C25H28N2O6. The van der Waals surface area contributed by atoms with Gasteiger partial charge in [-0.25, -0.2) is 9.59 Å². The number of aliphatic carboxylic acids is 1. The lowest BCUT2D eigenvalue weighted by atomic mass is 9.98.